The van der Waals surface area contributed by atoms with E-state index < -0.39 is 0 Å². The summed E-state index contributed by atoms with van der Waals surface area (Å²) in [5.41, 5.74) is 3.38. The molecule has 0 radical (unpaired) electrons. The number of benzene rings is 2. The highest BCUT2D eigenvalue weighted by Gasteiger charge is 2.06. The number of hydrogen-bond donors (Lipinski definition) is 1. The first-order valence-electron chi connectivity index (χ1n) is 7.36. The Morgan fingerprint density at radius 2 is 1.91 bits per heavy atom. The van der Waals surface area contributed by atoms with Crippen LogP contribution in [0.15, 0.2) is 41.3 Å². The van der Waals surface area contributed by atoms with Gasteiger partial charge in [-0.2, -0.15) is 0 Å². The van der Waals surface area contributed by atoms with E-state index in [-0.39, 0.29) is 5.91 Å². The molecule has 1 amide bonds. The number of thioether (sulfide) groups is 1. The summed E-state index contributed by atoms with van der Waals surface area (Å²) < 4.78 is 0. The molecule has 5 heteroatoms. The molecule has 2 nitrogen and oxygen atoms in total. The summed E-state index contributed by atoms with van der Waals surface area (Å²) in [6.45, 7) is 4.68. The Balaban J connectivity index is 1.78. The monoisotopic (exact) mass is 367 g/mol. The van der Waals surface area contributed by atoms with Gasteiger partial charge in [0.05, 0.1) is 5.75 Å². The van der Waals surface area contributed by atoms with Crippen LogP contribution in [0.5, 0.6) is 0 Å². The van der Waals surface area contributed by atoms with Crippen molar-refractivity contribution in [1.82, 2.24) is 5.32 Å². The minimum atomic E-state index is 0.0287. The Bertz CT molecular complexity index is 703. The van der Waals surface area contributed by atoms with Gasteiger partial charge in [-0.3, -0.25) is 4.79 Å². The zero-order valence-electron chi connectivity index (χ0n) is 13.2. The van der Waals surface area contributed by atoms with Crippen LogP contribution in [0.25, 0.3) is 0 Å². The van der Waals surface area contributed by atoms with Gasteiger partial charge >= 0.3 is 0 Å². The van der Waals surface area contributed by atoms with E-state index in [0.717, 1.165) is 10.5 Å². The van der Waals surface area contributed by atoms with E-state index in [9.17, 15) is 4.79 Å². The van der Waals surface area contributed by atoms with Crippen molar-refractivity contribution in [1.29, 1.82) is 0 Å². The molecule has 23 heavy (non-hydrogen) atoms. The predicted molar refractivity (Wildman–Crippen MR) is 99.8 cm³/mol. The Morgan fingerprint density at radius 3 is 2.65 bits per heavy atom. The second kappa shape index (κ2) is 8.62. The van der Waals surface area contributed by atoms with E-state index in [1.807, 2.05) is 6.07 Å². The van der Waals surface area contributed by atoms with Crippen LogP contribution in [0.4, 0.5) is 0 Å². The van der Waals surface area contributed by atoms with Crippen molar-refractivity contribution in [3.63, 3.8) is 0 Å². The smallest absolute Gasteiger partial charge is 0.230 e. The minimum absolute atomic E-state index is 0.0287. The van der Waals surface area contributed by atoms with Crippen LogP contribution in [-0.4, -0.2) is 18.2 Å². The highest BCUT2D eigenvalue weighted by atomic mass is 35.5. The van der Waals surface area contributed by atoms with Crippen LogP contribution in [0.3, 0.4) is 0 Å². The Hall–Kier alpha value is -1.16. The third kappa shape index (κ3) is 5.76. The molecule has 1 N–H and O–H groups in total. The molecule has 2 rings (SSSR count). The van der Waals surface area contributed by atoms with Crippen molar-refractivity contribution >= 4 is 40.9 Å². The third-order valence-corrected chi connectivity index (χ3v) is 5.18. The van der Waals surface area contributed by atoms with Gasteiger partial charge in [0.15, 0.2) is 0 Å². The lowest BCUT2D eigenvalue weighted by Crippen LogP contribution is -2.27. The average molecular weight is 368 g/mol. The van der Waals surface area contributed by atoms with Crippen LogP contribution in [0, 0.1) is 13.8 Å². The van der Waals surface area contributed by atoms with Gasteiger partial charge in [-0.1, -0.05) is 47.0 Å². The van der Waals surface area contributed by atoms with E-state index in [0.29, 0.717) is 28.8 Å². The molecule has 2 aromatic rings. The van der Waals surface area contributed by atoms with Gasteiger partial charge in [-0.25, -0.2) is 0 Å². The SMILES string of the molecule is Cc1ccc(C)c(SCC(=O)NCCc2ccc(Cl)cc2Cl)c1. The van der Waals surface area contributed by atoms with Crippen LogP contribution in [-0.2, 0) is 11.2 Å². The van der Waals surface area contributed by atoms with Gasteiger partial charge < -0.3 is 5.32 Å². The lowest BCUT2D eigenvalue weighted by atomic mass is 10.1. The molecule has 0 heterocycles. The molecule has 0 aliphatic rings. The first-order chi connectivity index (χ1) is 11.0. The molecular weight excluding hydrogens is 349 g/mol. The molecule has 0 fully saturated rings. The standard InChI is InChI=1S/C18H19Cl2NOS/c1-12-3-4-13(2)17(9-12)23-11-18(22)21-8-7-14-5-6-15(19)10-16(14)20/h3-6,9-10H,7-8,11H2,1-2H3,(H,21,22). The molecule has 0 atom stereocenters. The molecule has 0 unspecified atom stereocenters. The molecule has 0 aliphatic carbocycles. The van der Waals surface area contributed by atoms with E-state index >= 15 is 0 Å². The van der Waals surface area contributed by atoms with E-state index in [1.54, 1.807) is 23.9 Å². The van der Waals surface area contributed by atoms with Crippen LogP contribution >= 0.6 is 35.0 Å². The second-order valence-electron chi connectivity index (χ2n) is 5.39. The zero-order chi connectivity index (χ0) is 16.8. The fourth-order valence-corrected chi connectivity index (χ4v) is 3.57. The normalized spacial score (nSPS) is 10.6. The van der Waals surface area contributed by atoms with Gasteiger partial charge in [0.2, 0.25) is 5.91 Å². The molecule has 0 bridgehead atoms. The maximum absolute atomic E-state index is 12.0. The number of halogens is 2. The summed E-state index contributed by atoms with van der Waals surface area (Å²) in [6, 6.07) is 11.7. The van der Waals surface area contributed by atoms with Gasteiger partial charge in [0, 0.05) is 21.5 Å². The average Bonchev–Trinajstić information content (AvgIpc) is 2.50. The van der Waals surface area contributed by atoms with E-state index in [1.165, 1.54) is 11.1 Å². The van der Waals surface area contributed by atoms with Crippen molar-refractivity contribution < 1.29 is 4.79 Å². The minimum Gasteiger partial charge on any atom is -0.355 e. The topological polar surface area (TPSA) is 29.1 Å². The lowest BCUT2D eigenvalue weighted by molar-refractivity contribution is -0.118. The Labute approximate surface area is 151 Å². The van der Waals surface area contributed by atoms with E-state index in [4.69, 9.17) is 23.2 Å². The maximum atomic E-state index is 12.0. The summed E-state index contributed by atoms with van der Waals surface area (Å²) in [5.74, 6) is 0.444. The molecule has 0 saturated carbocycles. The van der Waals surface area contributed by atoms with Crippen molar-refractivity contribution in [2.45, 2.75) is 25.2 Å². The number of aryl methyl sites for hydroxylation is 2. The number of amides is 1. The molecular formula is C18H19Cl2NOS. The second-order valence-corrected chi connectivity index (χ2v) is 7.25. The fraction of sp³-hybridized carbons (Fsp3) is 0.278. The van der Waals surface area contributed by atoms with Gasteiger partial charge in [-0.05, 0) is 49.6 Å². The van der Waals surface area contributed by atoms with Crippen molar-refractivity contribution in [3.8, 4) is 0 Å². The number of hydrogen-bond acceptors (Lipinski definition) is 2. The number of rotatable bonds is 6. The highest BCUT2D eigenvalue weighted by Crippen LogP contribution is 2.23. The van der Waals surface area contributed by atoms with Gasteiger partial charge in [0.25, 0.3) is 0 Å². The van der Waals surface area contributed by atoms with Crippen LogP contribution in [0.1, 0.15) is 16.7 Å². The Morgan fingerprint density at radius 1 is 1.13 bits per heavy atom. The first kappa shape index (κ1) is 18.2. The highest BCUT2D eigenvalue weighted by molar-refractivity contribution is 8.00. The summed E-state index contributed by atoms with van der Waals surface area (Å²) in [7, 11) is 0. The largest absolute Gasteiger partial charge is 0.355 e. The van der Waals surface area contributed by atoms with Crippen molar-refractivity contribution in [2.75, 3.05) is 12.3 Å². The molecule has 2 aromatic carbocycles. The fourth-order valence-electron chi connectivity index (χ4n) is 2.12. The molecule has 0 aromatic heterocycles. The summed E-state index contributed by atoms with van der Waals surface area (Å²) in [4.78, 5) is 13.1. The van der Waals surface area contributed by atoms with E-state index in [2.05, 4.69) is 37.4 Å². The van der Waals surface area contributed by atoms with Crippen molar-refractivity contribution in [3.05, 3.63) is 63.1 Å². The molecule has 0 aliphatic heterocycles. The Kier molecular flexibility index (Phi) is 6.82. The number of carbonyl (C=O) groups is 1. The zero-order valence-corrected chi connectivity index (χ0v) is 15.5. The quantitative estimate of drug-likeness (QED) is 0.722. The predicted octanol–water partition coefficient (Wildman–Crippen LogP) is 5.06. The summed E-state index contributed by atoms with van der Waals surface area (Å²) in [6.07, 6.45) is 0.690. The molecule has 0 saturated heterocycles. The first-order valence-corrected chi connectivity index (χ1v) is 9.10. The van der Waals surface area contributed by atoms with Crippen LogP contribution < -0.4 is 5.32 Å². The number of carbonyl (C=O) groups excluding carboxylic acids is 1. The molecule has 122 valence electrons. The summed E-state index contributed by atoms with van der Waals surface area (Å²) in [5, 5.41) is 4.18. The summed E-state index contributed by atoms with van der Waals surface area (Å²) >= 11 is 13.5. The molecule has 0 spiro atoms. The van der Waals surface area contributed by atoms with Gasteiger partial charge in [0.1, 0.15) is 0 Å². The van der Waals surface area contributed by atoms with Crippen LogP contribution in [0.2, 0.25) is 10.0 Å². The maximum Gasteiger partial charge on any atom is 0.230 e. The number of nitrogens with one attached hydrogen (secondary N) is 1. The lowest BCUT2D eigenvalue weighted by Gasteiger charge is -2.09. The third-order valence-electron chi connectivity index (χ3n) is 3.43. The van der Waals surface area contributed by atoms with Crippen molar-refractivity contribution in [2.24, 2.45) is 0 Å². The van der Waals surface area contributed by atoms with Gasteiger partial charge in [-0.15, -0.1) is 11.8 Å².